The fourth-order valence-electron chi connectivity index (χ4n) is 2.50. The molecule has 1 aromatic rings. The summed E-state index contributed by atoms with van der Waals surface area (Å²) in [5.41, 5.74) is 7.24. The highest BCUT2D eigenvalue weighted by Crippen LogP contribution is 2.50. The Bertz CT molecular complexity index is 411. The minimum Gasteiger partial charge on any atom is -0.495 e. The molecular weight excluding hydrogens is 282 g/mol. The number of hydrogen-bond donors (Lipinski definition) is 1. The van der Waals surface area contributed by atoms with Crippen LogP contribution in [-0.2, 0) is 5.41 Å². The highest BCUT2D eigenvalue weighted by atomic mass is 79.9. The molecule has 0 bridgehead atoms. The van der Waals surface area contributed by atoms with Crippen LogP contribution in [0.4, 0.5) is 0 Å². The van der Waals surface area contributed by atoms with Gasteiger partial charge in [0.2, 0.25) is 0 Å². The van der Waals surface area contributed by atoms with E-state index in [9.17, 15) is 0 Å². The Morgan fingerprint density at radius 1 is 1.29 bits per heavy atom. The Morgan fingerprint density at radius 2 is 2.00 bits per heavy atom. The van der Waals surface area contributed by atoms with Crippen LogP contribution in [0.25, 0.3) is 0 Å². The summed E-state index contributed by atoms with van der Waals surface area (Å²) in [5, 5.41) is 0. The van der Waals surface area contributed by atoms with Crippen molar-refractivity contribution in [1.82, 2.24) is 0 Å². The maximum Gasteiger partial charge on any atom is 0.140 e. The van der Waals surface area contributed by atoms with Crippen molar-refractivity contribution in [3.63, 3.8) is 0 Å². The van der Waals surface area contributed by atoms with Crippen molar-refractivity contribution < 1.29 is 9.47 Å². The van der Waals surface area contributed by atoms with Gasteiger partial charge in [0.15, 0.2) is 0 Å². The van der Waals surface area contributed by atoms with Crippen LogP contribution >= 0.6 is 15.9 Å². The Kier molecular flexibility index (Phi) is 3.64. The summed E-state index contributed by atoms with van der Waals surface area (Å²) >= 11 is 3.54. The van der Waals surface area contributed by atoms with Gasteiger partial charge in [-0.2, -0.15) is 0 Å². The van der Waals surface area contributed by atoms with Gasteiger partial charge in [-0.15, -0.1) is 0 Å². The zero-order chi connectivity index (χ0) is 12.5. The molecular formula is C13H18BrNO2. The molecule has 1 aliphatic rings. The lowest BCUT2D eigenvalue weighted by molar-refractivity contribution is 0.242. The second-order valence-electron chi connectivity index (χ2n) is 4.50. The Balaban J connectivity index is 2.51. The maximum atomic E-state index is 5.94. The highest BCUT2D eigenvalue weighted by Gasteiger charge is 2.40. The Hall–Kier alpha value is -0.740. The predicted molar refractivity (Wildman–Crippen MR) is 71.8 cm³/mol. The molecule has 0 spiro atoms. The van der Waals surface area contributed by atoms with Gasteiger partial charge in [-0.3, -0.25) is 0 Å². The summed E-state index contributed by atoms with van der Waals surface area (Å²) in [6.45, 7) is 0.669. The fourth-order valence-corrected chi connectivity index (χ4v) is 3.17. The van der Waals surface area contributed by atoms with Crippen LogP contribution in [-0.4, -0.2) is 20.8 Å². The monoisotopic (exact) mass is 299 g/mol. The van der Waals surface area contributed by atoms with E-state index in [1.54, 1.807) is 14.2 Å². The van der Waals surface area contributed by atoms with Crippen LogP contribution in [0.15, 0.2) is 16.6 Å². The first-order valence-electron chi connectivity index (χ1n) is 5.79. The van der Waals surface area contributed by atoms with Crippen molar-refractivity contribution in [2.24, 2.45) is 5.73 Å². The average molecular weight is 300 g/mol. The first kappa shape index (κ1) is 12.7. The molecule has 0 unspecified atom stereocenters. The molecule has 1 saturated carbocycles. The topological polar surface area (TPSA) is 44.5 Å². The quantitative estimate of drug-likeness (QED) is 0.930. The standard InChI is InChI=1S/C13H18BrNO2/c1-16-10-5-4-9(12(17-2)11(10)14)13(8-15)6-3-7-13/h4-5H,3,6-8,15H2,1-2H3. The lowest BCUT2D eigenvalue weighted by Gasteiger charge is -2.42. The van der Waals surface area contributed by atoms with Crippen LogP contribution in [0, 0.1) is 0 Å². The summed E-state index contributed by atoms with van der Waals surface area (Å²) in [6, 6.07) is 4.05. The predicted octanol–water partition coefficient (Wildman–Crippen LogP) is 2.85. The molecule has 1 fully saturated rings. The minimum atomic E-state index is 0.0974. The van der Waals surface area contributed by atoms with Crippen LogP contribution in [0.1, 0.15) is 24.8 Å². The zero-order valence-electron chi connectivity index (χ0n) is 10.3. The van der Waals surface area contributed by atoms with Crippen molar-refractivity contribution in [1.29, 1.82) is 0 Å². The van der Waals surface area contributed by atoms with E-state index < -0.39 is 0 Å². The molecule has 0 amide bonds. The van der Waals surface area contributed by atoms with Crippen molar-refractivity contribution in [2.75, 3.05) is 20.8 Å². The normalized spacial score (nSPS) is 17.4. The number of methoxy groups -OCH3 is 2. The number of benzene rings is 1. The van der Waals surface area contributed by atoms with Gasteiger partial charge < -0.3 is 15.2 Å². The van der Waals surface area contributed by atoms with E-state index in [-0.39, 0.29) is 5.41 Å². The third kappa shape index (κ3) is 1.93. The van der Waals surface area contributed by atoms with Crippen molar-refractivity contribution in [3.8, 4) is 11.5 Å². The molecule has 94 valence electrons. The molecule has 3 nitrogen and oxygen atoms in total. The van der Waals surface area contributed by atoms with Gasteiger partial charge >= 0.3 is 0 Å². The molecule has 2 rings (SSSR count). The van der Waals surface area contributed by atoms with E-state index in [1.165, 1.54) is 12.0 Å². The summed E-state index contributed by atoms with van der Waals surface area (Å²) in [5.74, 6) is 1.64. The number of hydrogen-bond acceptors (Lipinski definition) is 3. The average Bonchev–Trinajstić information content (AvgIpc) is 2.29. The van der Waals surface area contributed by atoms with Gasteiger partial charge in [-0.25, -0.2) is 0 Å². The molecule has 0 aromatic heterocycles. The van der Waals surface area contributed by atoms with E-state index in [4.69, 9.17) is 15.2 Å². The van der Waals surface area contributed by atoms with Crippen LogP contribution in [0.5, 0.6) is 11.5 Å². The van der Waals surface area contributed by atoms with Crippen LogP contribution in [0.3, 0.4) is 0 Å². The third-order valence-electron chi connectivity index (χ3n) is 3.76. The van der Waals surface area contributed by atoms with Gasteiger partial charge in [-0.1, -0.05) is 12.5 Å². The summed E-state index contributed by atoms with van der Waals surface area (Å²) in [6.07, 6.45) is 3.52. The van der Waals surface area contributed by atoms with E-state index in [0.29, 0.717) is 6.54 Å². The van der Waals surface area contributed by atoms with Crippen LogP contribution in [0.2, 0.25) is 0 Å². The second-order valence-corrected chi connectivity index (χ2v) is 5.29. The van der Waals surface area contributed by atoms with Crippen LogP contribution < -0.4 is 15.2 Å². The molecule has 0 aliphatic heterocycles. The number of nitrogens with two attached hydrogens (primary N) is 1. The van der Waals surface area contributed by atoms with E-state index in [0.717, 1.165) is 28.8 Å². The van der Waals surface area contributed by atoms with Crippen molar-refractivity contribution >= 4 is 15.9 Å². The Morgan fingerprint density at radius 3 is 2.41 bits per heavy atom. The summed E-state index contributed by atoms with van der Waals surface area (Å²) in [4.78, 5) is 0. The third-order valence-corrected chi connectivity index (χ3v) is 4.51. The van der Waals surface area contributed by atoms with Crippen molar-refractivity contribution in [3.05, 3.63) is 22.2 Å². The lowest BCUT2D eigenvalue weighted by Crippen LogP contribution is -2.41. The highest BCUT2D eigenvalue weighted by molar-refractivity contribution is 9.10. The zero-order valence-corrected chi connectivity index (χ0v) is 11.8. The molecule has 0 heterocycles. The van der Waals surface area contributed by atoms with Gasteiger partial charge in [-0.05, 0) is 34.8 Å². The SMILES string of the molecule is COc1ccc(C2(CN)CCC2)c(OC)c1Br. The smallest absolute Gasteiger partial charge is 0.140 e. The van der Waals surface area contributed by atoms with E-state index >= 15 is 0 Å². The molecule has 17 heavy (non-hydrogen) atoms. The van der Waals surface area contributed by atoms with E-state index in [2.05, 4.69) is 22.0 Å². The minimum absolute atomic E-state index is 0.0974. The van der Waals surface area contributed by atoms with Gasteiger partial charge in [0.1, 0.15) is 16.0 Å². The summed E-state index contributed by atoms with van der Waals surface area (Å²) in [7, 11) is 3.34. The molecule has 1 aliphatic carbocycles. The number of rotatable bonds is 4. The lowest BCUT2D eigenvalue weighted by atomic mass is 9.64. The summed E-state index contributed by atoms with van der Waals surface area (Å²) < 4.78 is 11.7. The van der Waals surface area contributed by atoms with Gasteiger partial charge in [0.25, 0.3) is 0 Å². The first-order chi connectivity index (χ1) is 8.18. The molecule has 1 aromatic carbocycles. The molecule has 2 N–H and O–H groups in total. The van der Waals surface area contributed by atoms with E-state index in [1.807, 2.05) is 6.07 Å². The number of ether oxygens (including phenoxy) is 2. The molecule has 0 saturated heterocycles. The van der Waals surface area contributed by atoms with Gasteiger partial charge in [0.05, 0.1) is 14.2 Å². The second kappa shape index (κ2) is 4.86. The largest absolute Gasteiger partial charge is 0.495 e. The molecule has 0 atom stereocenters. The number of halogens is 1. The maximum absolute atomic E-state index is 5.94. The van der Waals surface area contributed by atoms with Gasteiger partial charge in [0, 0.05) is 17.5 Å². The van der Waals surface area contributed by atoms with Crippen molar-refractivity contribution in [2.45, 2.75) is 24.7 Å². The molecule has 0 radical (unpaired) electrons. The molecule has 4 heteroatoms. The fraction of sp³-hybridized carbons (Fsp3) is 0.538. The first-order valence-corrected chi connectivity index (χ1v) is 6.59. The Labute approximate surface area is 110 Å².